The van der Waals surface area contributed by atoms with Crippen LogP contribution >= 0.6 is 15.9 Å². The van der Waals surface area contributed by atoms with Crippen LogP contribution in [-0.2, 0) is 21.2 Å². The van der Waals surface area contributed by atoms with E-state index in [1.165, 1.54) is 6.07 Å². The minimum Gasteiger partial charge on any atom is -0.508 e. The van der Waals surface area contributed by atoms with Crippen LogP contribution in [0.4, 0.5) is 0 Å². The van der Waals surface area contributed by atoms with E-state index in [0.717, 1.165) is 5.39 Å². The number of aromatic hydroxyl groups is 1. The SMILES string of the molecule is O=C(NS(=O)(=O)c1cccc2ccccc12)C1CCCc2c(O)ccc(Br)c21. The molecule has 2 N–H and O–H groups in total. The Bertz CT molecular complexity index is 1180. The summed E-state index contributed by atoms with van der Waals surface area (Å²) in [6.45, 7) is 0. The molecule has 0 spiro atoms. The van der Waals surface area contributed by atoms with Crippen molar-refractivity contribution in [1.29, 1.82) is 0 Å². The van der Waals surface area contributed by atoms with Gasteiger partial charge >= 0.3 is 0 Å². The lowest BCUT2D eigenvalue weighted by molar-refractivity contribution is -0.121. The number of nitrogens with one attached hydrogen (secondary N) is 1. The molecule has 1 unspecified atom stereocenters. The smallest absolute Gasteiger partial charge is 0.264 e. The fourth-order valence-corrected chi connectivity index (χ4v) is 5.74. The van der Waals surface area contributed by atoms with Crippen molar-refractivity contribution < 1.29 is 18.3 Å². The minimum atomic E-state index is -4.04. The summed E-state index contributed by atoms with van der Waals surface area (Å²) in [6, 6.07) is 15.4. The highest BCUT2D eigenvalue weighted by Crippen LogP contribution is 2.41. The number of carbonyl (C=O) groups excluding carboxylic acids is 1. The highest BCUT2D eigenvalue weighted by Gasteiger charge is 2.33. The molecule has 4 rings (SSSR count). The van der Waals surface area contributed by atoms with Crippen molar-refractivity contribution in [3.8, 4) is 5.75 Å². The molecule has 0 saturated carbocycles. The molecule has 3 aromatic rings. The highest BCUT2D eigenvalue weighted by molar-refractivity contribution is 9.10. The first-order valence-corrected chi connectivity index (χ1v) is 11.2. The topological polar surface area (TPSA) is 83.5 Å². The number of sulfonamides is 1. The highest BCUT2D eigenvalue weighted by atomic mass is 79.9. The largest absolute Gasteiger partial charge is 0.508 e. The van der Waals surface area contributed by atoms with Crippen LogP contribution in [0.1, 0.15) is 29.9 Å². The second-order valence-corrected chi connectivity index (χ2v) is 9.36. The number of phenols is 1. The molecule has 1 atom stereocenters. The first-order chi connectivity index (χ1) is 13.4. The van der Waals surface area contributed by atoms with Crippen molar-refractivity contribution in [2.75, 3.05) is 0 Å². The second-order valence-electron chi connectivity index (χ2n) is 6.85. The lowest BCUT2D eigenvalue weighted by atomic mass is 9.82. The summed E-state index contributed by atoms with van der Waals surface area (Å²) < 4.78 is 28.9. The third kappa shape index (κ3) is 3.29. The third-order valence-electron chi connectivity index (χ3n) is 5.14. The van der Waals surface area contributed by atoms with E-state index in [4.69, 9.17) is 0 Å². The van der Waals surface area contributed by atoms with E-state index >= 15 is 0 Å². The zero-order chi connectivity index (χ0) is 19.9. The summed E-state index contributed by atoms with van der Waals surface area (Å²) in [5.74, 6) is -1.09. The van der Waals surface area contributed by atoms with Crippen LogP contribution in [-0.4, -0.2) is 19.4 Å². The monoisotopic (exact) mass is 459 g/mol. The number of halogens is 1. The van der Waals surface area contributed by atoms with E-state index in [1.807, 2.05) is 18.2 Å². The van der Waals surface area contributed by atoms with Gasteiger partial charge in [-0.2, -0.15) is 0 Å². The Labute approximate surface area is 171 Å². The second kappa shape index (κ2) is 7.22. The van der Waals surface area contributed by atoms with Crippen LogP contribution in [0.15, 0.2) is 64.0 Å². The molecule has 1 amide bonds. The molecule has 0 fully saturated rings. The number of hydrogen-bond donors (Lipinski definition) is 2. The minimum absolute atomic E-state index is 0.0740. The van der Waals surface area contributed by atoms with E-state index in [2.05, 4.69) is 20.7 Å². The van der Waals surface area contributed by atoms with Gasteiger partial charge in [0.1, 0.15) is 5.75 Å². The van der Waals surface area contributed by atoms with Crippen molar-refractivity contribution in [1.82, 2.24) is 4.72 Å². The maximum atomic E-state index is 13.0. The summed E-state index contributed by atoms with van der Waals surface area (Å²) >= 11 is 3.44. The van der Waals surface area contributed by atoms with Crippen molar-refractivity contribution >= 4 is 42.6 Å². The van der Waals surface area contributed by atoms with Gasteiger partial charge in [-0.1, -0.05) is 52.3 Å². The van der Waals surface area contributed by atoms with Crippen LogP contribution in [0, 0.1) is 0 Å². The van der Waals surface area contributed by atoms with Gasteiger partial charge in [0.05, 0.1) is 10.8 Å². The molecule has 0 heterocycles. The van der Waals surface area contributed by atoms with E-state index < -0.39 is 21.8 Å². The van der Waals surface area contributed by atoms with Crippen molar-refractivity contribution in [3.05, 3.63) is 70.2 Å². The predicted octanol–water partition coefficient (Wildman–Crippen LogP) is 4.23. The lowest BCUT2D eigenvalue weighted by Crippen LogP contribution is -2.36. The quantitative estimate of drug-likeness (QED) is 0.613. The average Bonchev–Trinajstić information content (AvgIpc) is 2.69. The Morgan fingerprint density at radius 1 is 1.07 bits per heavy atom. The fraction of sp³-hybridized carbons (Fsp3) is 0.190. The number of hydrogen-bond acceptors (Lipinski definition) is 4. The maximum Gasteiger partial charge on any atom is 0.264 e. The molecule has 7 heteroatoms. The molecule has 0 saturated heterocycles. The Morgan fingerprint density at radius 2 is 1.82 bits per heavy atom. The number of benzene rings is 3. The summed E-state index contributed by atoms with van der Waals surface area (Å²) in [4.78, 5) is 13.0. The molecule has 0 aromatic heterocycles. The first-order valence-electron chi connectivity index (χ1n) is 8.93. The Kier molecular flexibility index (Phi) is 4.89. The summed E-state index contributed by atoms with van der Waals surface area (Å²) in [6.07, 6.45) is 1.87. The molecule has 28 heavy (non-hydrogen) atoms. The van der Waals surface area contributed by atoms with Gasteiger partial charge in [-0.25, -0.2) is 13.1 Å². The zero-order valence-corrected chi connectivity index (χ0v) is 17.3. The van der Waals surface area contributed by atoms with Gasteiger partial charge in [-0.05, 0) is 54.0 Å². The number of fused-ring (bicyclic) bond motifs is 2. The van der Waals surface area contributed by atoms with E-state index in [-0.39, 0.29) is 10.6 Å². The third-order valence-corrected chi connectivity index (χ3v) is 7.23. The molecule has 0 bridgehead atoms. The molecular formula is C21H18BrNO4S. The van der Waals surface area contributed by atoms with Crippen molar-refractivity contribution in [2.45, 2.75) is 30.1 Å². The number of rotatable bonds is 3. The van der Waals surface area contributed by atoms with Gasteiger partial charge in [0.25, 0.3) is 10.0 Å². The van der Waals surface area contributed by atoms with Crippen LogP contribution in [0.2, 0.25) is 0 Å². The number of amides is 1. The van der Waals surface area contributed by atoms with E-state index in [1.54, 1.807) is 30.3 Å². The lowest BCUT2D eigenvalue weighted by Gasteiger charge is -2.26. The van der Waals surface area contributed by atoms with Crippen LogP contribution in [0.5, 0.6) is 5.75 Å². The van der Waals surface area contributed by atoms with Gasteiger partial charge in [-0.15, -0.1) is 0 Å². The standard InChI is InChI=1S/C21H18BrNO4S/c22-17-11-12-18(24)15-8-4-9-16(20(15)17)21(25)23-28(26,27)19-10-3-6-13-5-1-2-7-14(13)19/h1-3,5-7,10-12,16,24H,4,8-9H2,(H,23,25). The van der Waals surface area contributed by atoms with Gasteiger partial charge in [0, 0.05) is 9.86 Å². The Balaban J connectivity index is 1.71. The summed E-state index contributed by atoms with van der Waals surface area (Å²) in [7, 11) is -4.04. The number of phenolic OH excluding ortho intramolecular Hbond substituents is 1. The first kappa shape index (κ1) is 19.0. The molecular weight excluding hydrogens is 442 g/mol. The molecule has 3 aromatic carbocycles. The zero-order valence-electron chi connectivity index (χ0n) is 14.9. The molecule has 0 radical (unpaired) electrons. The van der Waals surface area contributed by atoms with Crippen molar-refractivity contribution in [2.24, 2.45) is 0 Å². The predicted molar refractivity (Wildman–Crippen MR) is 111 cm³/mol. The average molecular weight is 460 g/mol. The molecule has 1 aliphatic carbocycles. The van der Waals surface area contributed by atoms with Gasteiger partial charge in [0.2, 0.25) is 5.91 Å². The molecule has 144 valence electrons. The van der Waals surface area contributed by atoms with Gasteiger partial charge in [-0.3, -0.25) is 4.79 Å². The number of carbonyl (C=O) groups is 1. The van der Waals surface area contributed by atoms with Crippen LogP contribution < -0.4 is 4.72 Å². The van der Waals surface area contributed by atoms with Gasteiger partial charge < -0.3 is 5.11 Å². The van der Waals surface area contributed by atoms with Crippen molar-refractivity contribution in [3.63, 3.8) is 0 Å². The van der Waals surface area contributed by atoms with Gasteiger partial charge in [0.15, 0.2) is 0 Å². The molecule has 5 nitrogen and oxygen atoms in total. The fourth-order valence-electron chi connectivity index (χ4n) is 3.84. The van der Waals surface area contributed by atoms with Crippen LogP contribution in [0.3, 0.4) is 0 Å². The Hall–Kier alpha value is -2.38. The molecule has 1 aliphatic rings. The normalized spacial score (nSPS) is 16.5. The van der Waals surface area contributed by atoms with E-state index in [9.17, 15) is 18.3 Å². The molecule has 0 aliphatic heterocycles. The Morgan fingerprint density at radius 3 is 2.64 bits per heavy atom. The van der Waals surface area contributed by atoms with Crippen LogP contribution in [0.25, 0.3) is 10.8 Å². The van der Waals surface area contributed by atoms with E-state index in [0.29, 0.717) is 40.2 Å². The maximum absolute atomic E-state index is 13.0. The summed E-state index contributed by atoms with van der Waals surface area (Å²) in [5, 5.41) is 11.5. The summed E-state index contributed by atoms with van der Waals surface area (Å²) in [5.41, 5.74) is 1.36.